The Morgan fingerprint density at radius 3 is 2.31 bits per heavy atom. The van der Waals surface area contributed by atoms with Crippen LogP contribution in [0.15, 0.2) is 23.1 Å². The fourth-order valence-electron chi connectivity index (χ4n) is 3.95. The molecule has 35 heavy (non-hydrogen) atoms. The SMILES string of the molecule is COc1ccc(Cl)cc1S(=O)(=O)N(CCC(=O)N1CCNCC1)C1CCCC1.O=C(O)C(F)(F)F. The Hall–Kier alpha value is -2.09. The number of carbonyl (C=O) groups excluding carboxylic acids is 1. The molecule has 1 aromatic rings. The van der Waals surface area contributed by atoms with Gasteiger partial charge in [-0.3, -0.25) is 4.79 Å². The standard InChI is InChI=1S/C19H28ClN3O4S.C2HF3O2/c1-27-17-7-6-15(20)14-18(17)28(25,26)23(16-4-2-3-5-16)11-8-19(24)22-12-9-21-10-13-22;3-2(4,5)1(6)7/h6-7,14,16,21H,2-5,8-13H2,1H3;(H,6,7). The topological polar surface area (TPSA) is 116 Å². The second kappa shape index (κ2) is 12.7. The number of nitrogens with zero attached hydrogens (tertiary/aromatic N) is 2. The highest BCUT2D eigenvalue weighted by Crippen LogP contribution is 2.34. The fourth-order valence-corrected chi connectivity index (χ4v) is 6.05. The first kappa shape index (κ1) is 29.1. The van der Waals surface area contributed by atoms with Gasteiger partial charge in [0.2, 0.25) is 15.9 Å². The number of hydrogen-bond acceptors (Lipinski definition) is 6. The average molecular weight is 544 g/mol. The van der Waals surface area contributed by atoms with E-state index in [0.29, 0.717) is 18.1 Å². The van der Waals surface area contributed by atoms with Crippen LogP contribution in [0.4, 0.5) is 13.2 Å². The summed E-state index contributed by atoms with van der Waals surface area (Å²) in [6.45, 7) is 3.05. The van der Waals surface area contributed by atoms with Crippen LogP contribution in [0.3, 0.4) is 0 Å². The van der Waals surface area contributed by atoms with Gasteiger partial charge in [-0.25, -0.2) is 13.2 Å². The van der Waals surface area contributed by atoms with Gasteiger partial charge >= 0.3 is 12.1 Å². The number of benzene rings is 1. The molecule has 0 atom stereocenters. The summed E-state index contributed by atoms with van der Waals surface area (Å²) >= 11 is 6.07. The number of methoxy groups -OCH3 is 1. The van der Waals surface area contributed by atoms with Crippen molar-refractivity contribution in [1.82, 2.24) is 14.5 Å². The molecule has 0 aromatic heterocycles. The third-order valence-corrected chi connectivity index (χ3v) is 7.91. The number of piperazine rings is 1. The van der Waals surface area contributed by atoms with E-state index in [9.17, 15) is 26.4 Å². The summed E-state index contributed by atoms with van der Waals surface area (Å²) < 4.78 is 65.5. The summed E-state index contributed by atoms with van der Waals surface area (Å²) in [6, 6.07) is 4.50. The molecule has 0 radical (unpaired) electrons. The maximum atomic E-state index is 13.5. The number of halogens is 4. The molecule has 0 unspecified atom stereocenters. The molecule has 1 aromatic carbocycles. The molecule has 3 rings (SSSR count). The van der Waals surface area contributed by atoms with Crippen LogP contribution in [0.1, 0.15) is 32.1 Å². The molecule has 0 spiro atoms. The number of carboxylic acids is 1. The van der Waals surface area contributed by atoms with Gasteiger partial charge < -0.3 is 20.1 Å². The molecule has 1 aliphatic carbocycles. The Labute approximate surface area is 207 Å². The van der Waals surface area contributed by atoms with Gasteiger partial charge in [-0.05, 0) is 31.0 Å². The van der Waals surface area contributed by atoms with Crippen molar-refractivity contribution in [1.29, 1.82) is 0 Å². The summed E-state index contributed by atoms with van der Waals surface area (Å²) in [5.41, 5.74) is 0. The number of rotatable bonds is 7. The second-order valence-electron chi connectivity index (χ2n) is 8.03. The van der Waals surface area contributed by atoms with Gasteiger partial charge in [0.25, 0.3) is 0 Å². The Morgan fingerprint density at radius 1 is 1.23 bits per heavy atom. The first-order chi connectivity index (χ1) is 16.4. The van der Waals surface area contributed by atoms with Crippen molar-refractivity contribution in [3.8, 4) is 5.75 Å². The summed E-state index contributed by atoms with van der Waals surface area (Å²) in [6.07, 6.45) is -1.29. The Kier molecular flexibility index (Phi) is 10.6. The van der Waals surface area contributed by atoms with Crippen molar-refractivity contribution >= 4 is 33.5 Å². The van der Waals surface area contributed by atoms with Gasteiger partial charge in [0.15, 0.2) is 0 Å². The number of amides is 1. The highest BCUT2D eigenvalue weighted by atomic mass is 35.5. The molecule has 1 heterocycles. The van der Waals surface area contributed by atoms with Crippen LogP contribution in [0.5, 0.6) is 5.75 Å². The lowest BCUT2D eigenvalue weighted by Crippen LogP contribution is -2.48. The zero-order valence-corrected chi connectivity index (χ0v) is 20.8. The van der Waals surface area contributed by atoms with Crippen molar-refractivity contribution in [2.24, 2.45) is 0 Å². The predicted octanol–water partition coefficient (Wildman–Crippen LogP) is 2.74. The second-order valence-corrected chi connectivity index (χ2v) is 10.3. The third-order valence-electron chi connectivity index (χ3n) is 5.70. The minimum Gasteiger partial charge on any atom is -0.495 e. The maximum absolute atomic E-state index is 13.5. The monoisotopic (exact) mass is 543 g/mol. The molecular weight excluding hydrogens is 515 g/mol. The van der Waals surface area contributed by atoms with Gasteiger partial charge in [0, 0.05) is 50.2 Å². The van der Waals surface area contributed by atoms with Crippen molar-refractivity contribution in [2.45, 2.75) is 49.2 Å². The Bertz CT molecular complexity index is 981. The lowest BCUT2D eigenvalue weighted by atomic mass is 10.2. The molecule has 1 saturated heterocycles. The molecule has 0 bridgehead atoms. The largest absolute Gasteiger partial charge is 0.495 e. The number of carbonyl (C=O) groups is 2. The van der Waals surface area contributed by atoms with Gasteiger partial charge in [-0.15, -0.1) is 0 Å². The van der Waals surface area contributed by atoms with E-state index in [-0.39, 0.29) is 35.6 Å². The highest BCUT2D eigenvalue weighted by Gasteiger charge is 2.38. The quantitative estimate of drug-likeness (QED) is 0.543. The van der Waals surface area contributed by atoms with Gasteiger partial charge in [0.1, 0.15) is 10.6 Å². The lowest BCUT2D eigenvalue weighted by molar-refractivity contribution is -0.192. The number of carboxylic acid groups (broad SMARTS) is 1. The number of hydrogen-bond donors (Lipinski definition) is 2. The molecule has 1 aliphatic heterocycles. The molecule has 198 valence electrons. The van der Waals surface area contributed by atoms with E-state index in [1.54, 1.807) is 17.0 Å². The van der Waals surface area contributed by atoms with E-state index in [0.717, 1.165) is 38.8 Å². The van der Waals surface area contributed by atoms with E-state index in [1.165, 1.54) is 17.5 Å². The molecule has 9 nitrogen and oxygen atoms in total. The van der Waals surface area contributed by atoms with Gasteiger partial charge in [0.05, 0.1) is 7.11 Å². The van der Waals surface area contributed by atoms with Crippen LogP contribution in [0.2, 0.25) is 5.02 Å². The highest BCUT2D eigenvalue weighted by molar-refractivity contribution is 7.89. The van der Waals surface area contributed by atoms with Crippen LogP contribution < -0.4 is 10.1 Å². The summed E-state index contributed by atoms with van der Waals surface area (Å²) in [5.74, 6) is -2.49. The van der Waals surface area contributed by atoms with Crippen LogP contribution >= 0.6 is 11.6 Å². The van der Waals surface area contributed by atoms with Crippen molar-refractivity contribution in [3.63, 3.8) is 0 Å². The normalized spacial score (nSPS) is 17.1. The first-order valence-corrected chi connectivity index (χ1v) is 12.8. The Morgan fingerprint density at radius 2 is 1.80 bits per heavy atom. The van der Waals surface area contributed by atoms with Crippen LogP contribution in [-0.4, -0.2) is 86.7 Å². The van der Waals surface area contributed by atoms with E-state index < -0.39 is 22.2 Å². The Balaban J connectivity index is 0.000000540. The van der Waals surface area contributed by atoms with E-state index >= 15 is 0 Å². The molecule has 2 fully saturated rings. The number of alkyl halides is 3. The summed E-state index contributed by atoms with van der Waals surface area (Å²) in [7, 11) is -2.39. The molecule has 2 aliphatic rings. The third kappa shape index (κ3) is 8.23. The fraction of sp³-hybridized carbons (Fsp3) is 0.619. The molecule has 1 saturated carbocycles. The number of ether oxygens (including phenoxy) is 1. The van der Waals surface area contributed by atoms with Crippen molar-refractivity contribution in [2.75, 3.05) is 39.8 Å². The average Bonchev–Trinajstić information content (AvgIpc) is 3.33. The number of aliphatic carboxylic acids is 1. The minimum atomic E-state index is -5.08. The van der Waals surface area contributed by atoms with Gasteiger partial charge in [-0.1, -0.05) is 24.4 Å². The minimum absolute atomic E-state index is 0.00208. The van der Waals surface area contributed by atoms with E-state index in [1.807, 2.05) is 0 Å². The number of sulfonamides is 1. The number of nitrogens with one attached hydrogen (secondary N) is 1. The van der Waals surface area contributed by atoms with Crippen LogP contribution in [0, 0.1) is 0 Å². The van der Waals surface area contributed by atoms with Crippen LogP contribution in [0.25, 0.3) is 0 Å². The summed E-state index contributed by atoms with van der Waals surface area (Å²) in [4.78, 5) is 23.3. The zero-order chi connectivity index (χ0) is 26.2. The maximum Gasteiger partial charge on any atom is 0.490 e. The molecular formula is C21H29ClF3N3O6S. The van der Waals surface area contributed by atoms with Crippen molar-refractivity contribution in [3.05, 3.63) is 23.2 Å². The smallest absolute Gasteiger partial charge is 0.490 e. The summed E-state index contributed by atoms with van der Waals surface area (Å²) in [5, 5.41) is 10.7. The molecule has 2 N–H and O–H groups in total. The lowest BCUT2D eigenvalue weighted by Gasteiger charge is -2.31. The van der Waals surface area contributed by atoms with Crippen molar-refractivity contribution < 1.29 is 41.0 Å². The zero-order valence-electron chi connectivity index (χ0n) is 19.2. The van der Waals surface area contributed by atoms with E-state index in [4.69, 9.17) is 26.2 Å². The molecule has 14 heteroatoms. The first-order valence-electron chi connectivity index (χ1n) is 11.0. The van der Waals surface area contributed by atoms with E-state index in [2.05, 4.69) is 5.32 Å². The van der Waals surface area contributed by atoms with Crippen LogP contribution in [-0.2, 0) is 19.6 Å². The predicted molar refractivity (Wildman–Crippen MR) is 122 cm³/mol. The van der Waals surface area contributed by atoms with Gasteiger partial charge in [-0.2, -0.15) is 17.5 Å². The molecule has 1 amide bonds.